The van der Waals surface area contributed by atoms with Crippen molar-refractivity contribution in [1.82, 2.24) is 4.98 Å². The van der Waals surface area contributed by atoms with E-state index in [9.17, 15) is 12.8 Å². The summed E-state index contributed by atoms with van der Waals surface area (Å²) in [5.41, 5.74) is 5.15. The lowest BCUT2D eigenvalue weighted by Crippen LogP contribution is -2.39. The number of nitrogens with zero attached hydrogens (tertiary/aromatic N) is 2. The number of hydrogen-bond donors (Lipinski definition) is 0. The van der Waals surface area contributed by atoms with Crippen molar-refractivity contribution in [2.75, 3.05) is 18.0 Å². The van der Waals surface area contributed by atoms with Crippen LogP contribution in [0.2, 0.25) is 0 Å². The first-order chi connectivity index (χ1) is 14.3. The fraction of sp³-hybridized carbons (Fsp3) is 0.348. The second kappa shape index (κ2) is 8.12. The molecule has 0 bridgehead atoms. The van der Waals surface area contributed by atoms with Gasteiger partial charge in [-0.05, 0) is 62.4 Å². The Morgan fingerprint density at radius 2 is 1.80 bits per heavy atom. The molecule has 4 nitrogen and oxygen atoms in total. The Morgan fingerprint density at radius 1 is 1.07 bits per heavy atom. The molecule has 0 atom stereocenters. The number of sulfone groups is 1. The molecule has 0 unspecified atom stereocenters. The predicted molar refractivity (Wildman–Crippen MR) is 121 cm³/mol. The summed E-state index contributed by atoms with van der Waals surface area (Å²) < 4.78 is 39.8. The van der Waals surface area contributed by atoms with E-state index in [0.29, 0.717) is 31.5 Å². The van der Waals surface area contributed by atoms with E-state index in [4.69, 9.17) is 4.98 Å². The number of hydrogen-bond acceptors (Lipinski definition) is 5. The third-order valence-corrected chi connectivity index (χ3v) is 9.28. The van der Waals surface area contributed by atoms with E-state index >= 15 is 0 Å². The van der Waals surface area contributed by atoms with Crippen molar-refractivity contribution in [3.63, 3.8) is 0 Å². The second-order valence-corrected chi connectivity index (χ2v) is 10.9. The highest BCUT2D eigenvalue weighted by atomic mass is 32.2. The fourth-order valence-corrected chi connectivity index (χ4v) is 6.84. The Balaban J connectivity index is 1.50. The summed E-state index contributed by atoms with van der Waals surface area (Å²) in [4.78, 5) is 7.10. The van der Waals surface area contributed by atoms with Gasteiger partial charge in [0.25, 0.3) is 0 Å². The maximum Gasteiger partial charge on any atom is 0.185 e. The summed E-state index contributed by atoms with van der Waals surface area (Å²) in [7, 11) is -3.55. The molecule has 1 aromatic heterocycles. The standard InChI is InChI=1S/C23H25FN2O2S2/c1-15-5-4-6-20(17(15)3)21-14-29-23(25-21)26-11-9-19(10-12-26)30(27,28)22-13-18(24)8-7-16(22)2/h4-8,13-14,19H,9-12H2,1-3H3. The van der Waals surface area contributed by atoms with Gasteiger partial charge in [0.15, 0.2) is 15.0 Å². The lowest BCUT2D eigenvalue weighted by Gasteiger charge is -2.31. The number of thiazole rings is 1. The number of piperidine rings is 1. The second-order valence-electron chi connectivity index (χ2n) is 7.90. The Hall–Kier alpha value is -2.25. The van der Waals surface area contributed by atoms with E-state index in [-0.39, 0.29) is 4.90 Å². The monoisotopic (exact) mass is 444 g/mol. The Morgan fingerprint density at radius 3 is 2.53 bits per heavy atom. The van der Waals surface area contributed by atoms with Crippen molar-refractivity contribution in [3.05, 3.63) is 64.3 Å². The first-order valence-corrected chi connectivity index (χ1v) is 12.5. The van der Waals surface area contributed by atoms with Crippen LogP contribution in [0.1, 0.15) is 29.5 Å². The van der Waals surface area contributed by atoms with E-state index in [0.717, 1.165) is 22.5 Å². The number of halogens is 1. The van der Waals surface area contributed by atoms with Gasteiger partial charge in [0, 0.05) is 24.0 Å². The maximum atomic E-state index is 13.6. The molecule has 0 radical (unpaired) electrons. The largest absolute Gasteiger partial charge is 0.348 e. The molecule has 4 rings (SSSR count). The van der Waals surface area contributed by atoms with Crippen LogP contribution in [0, 0.1) is 26.6 Å². The minimum atomic E-state index is -3.55. The summed E-state index contributed by atoms with van der Waals surface area (Å²) >= 11 is 1.59. The number of anilines is 1. The molecule has 0 amide bonds. The molecule has 2 aromatic carbocycles. The normalized spacial score (nSPS) is 15.5. The summed E-state index contributed by atoms with van der Waals surface area (Å²) in [5.74, 6) is -0.515. The smallest absolute Gasteiger partial charge is 0.185 e. The van der Waals surface area contributed by atoms with Gasteiger partial charge in [0.2, 0.25) is 0 Å². The van der Waals surface area contributed by atoms with Gasteiger partial charge in [-0.2, -0.15) is 0 Å². The molecule has 3 aromatic rings. The van der Waals surface area contributed by atoms with Crippen molar-refractivity contribution in [1.29, 1.82) is 0 Å². The third kappa shape index (κ3) is 3.88. The van der Waals surface area contributed by atoms with Crippen molar-refractivity contribution >= 4 is 26.3 Å². The molecule has 2 heterocycles. The van der Waals surface area contributed by atoms with Crippen molar-refractivity contribution in [2.45, 2.75) is 43.8 Å². The number of aryl methyl sites for hydroxylation is 2. The lowest BCUT2D eigenvalue weighted by atomic mass is 10.0. The molecule has 0 N–H and O–H groups in total. The zero-order valence-corrected chi connectivity index (χ0v) is 19.0. The lowest BCUT2D eigenvalue weighted by molar-refractivity contribution is 0.528. The first-order valence-electron chi connectivity index (χ1n) is 10.0. The summed E-state index contributed by atoms with van der Waals surface area (Å²) in [6.45, 7) is 7.16. The van der Waals surface area contributed by atoms with Gasteiger partial charge in [0.05, 0.1) is 15.8 Å². The molecular formula is C23H25FN2O2S2. The van der Waals surface area contributed by atoms with Crippen LogP contribution in [-0.2, 0) is 9.84 Å². The SMILES string of the molecule is Cc1ccc(F)cc1S(=O)(=O)C1CCN(c2nc(-c3cccc(C)c3C)cs2)CC1. The molecule has 30 heavy (non-hydrogen) atoms. The molecule has 1 fully saturated rings. The van der Waals surface area contributed by atoms with Crippen LogP contribution in [0.5, 0.6) is 0 Å². The molecule has 158 valence electrons. The van der Waals surface area contributed by atoms with Crippen LogP contribution in [0.4, 0.5) is 9.52 Å². The maximum absolute atomic E-state index is 13.6. The highest BCUT2D eigenvalue weighted by Crippen LogP contribution is 2.33. The summed E-state index contributed by atoms with van der Waals surface area (Å²) in [6, 6.07) is 10.2. The molecule has 7 heteroatoms. The van der Waals surface area contributed by atoms with Crippen LogP contribution in [0.25, 0.3) is 11.3 Å². The molecule has 1 saturated heterocycles. The average molecular weight is 445 g/mol. The minimum Gasteiger partial charge on any atom is -0.348 e. The van der Waals surface area contributed by atoms with Crippen LogP contribution in [-0.4, -0.2) is 31.7 Å². The zero-order valence-electron chi connectivity index (χ0n) is 17.4. The molecule has 1 aliphatic rings. The zero-order chi connectivity index (χ0) is 21.5. The van der Waals surface area contributed by atoms with Gasteiger partial charge in [-0.1, -0.05) is 24.3 Å². The van der Waals surface area contributed by atoms with Gasteiger partial charge < -0.3 is 4.90 Å². The van der Waals surface area contributed by atoms with Gasteiger partial charge in [0.1, 0.15) is 5.82 Å². The van der Waals surface area contributed by atoms with E-state index in [1.54, 1.807) is 18.3 Å². The summed E-state index contributed by atoms with van der Waals surface area (Å²) in [5, 5.41) is 2.49. The minimum absolute atomic E-state index is 0.118. The Labute approximate surface area is 181 Å². The quantitative estimate of drug-likeness (QED) is 0.547. The third-order valence-electron chi connectivity index (χ3n) is 5.98. The molecule has 1 aliphatic heterocycles. The van der Waals surface area contributed by atoms with Crippen molar-refractivity contribution < 1.29 is 12.8 Å². The fourth-order valence-electron chi connectivity index (χ4n) is 3.98. The Kier molecular flexibility index (Phi) is 5.68. The number of rotatable bonds is 4. The highest BCUT2D eigenvalue weighted by molar-refractivity contribution is 7.92. The van der Waals surface area contributed by atoms with Crippen molar-refractivity contribution in [3.8, 4) is 11.3 Å². The van der Waals surface area contributed by atoms with Crippen LogP contribution >= 0.6 is 11.3 Å². The highest BCUT2D eigenvalue weighted by Gasteiger charge is 2.33. The van der Waals surface area contributed by atoms with Crippen molar-refractivity contribution in [2.24, 2.45) is 0 Å². The molecular weight excluding hydrogens is 419 g/mol. The van der Waals surface area contributed by atoms with E-state index < -0.39 is 20.9 Å². The van der Waals surface area contributed by atoms with E-state index in [1.807, 2.05) is 6.07 Å². The predicted octanol–water partition coefficient (Wildman–Crippen LogP) is 5.32. The van der Waals surface area contributed by atoms with Gasteiger partial charge in [-0.15, -0.1) is 11.3 Å². The molecule has 0 saturated carbocycles. The average Bonchev–Trinajstić information content (AvgIpc) is 3.22. The van der Waals surface area contributed by atoms with E-state index in [2.05, 4.69) is 36.3 Å². The molecule has 0 aliphatic carbocycles. The van der Waals surface area contributed by atoms with Gasteiger partial charge in [-0.25, -0.2) is 17.8 Å². The topological polar surface area (TPSA) is 50.3 Å². The number of benzene rings is 2. The summed E-state index contributed by atoms with van der Waals surface area (Å²) in [6.07, 6.45) is 1.02. The Bertz CT molecular complexity index is 1180. The van der Waals surface area contributed by atoms with Crippen LogP contribution in [0.15, 0.2) is 46.7 Å². The molecule has 0 spiro atoms. The van der Waals surface area contributed by atoms with Crippen LogP contribution in [0.3, 0.4) is 0 Å². The van der Waals surface area contributed by atoms with Gasteiger partial charge >= 0.3 is 0 Å². The first kappa shape index (κ1) is 21.0. The van der Waals surface area contributed by atoms with Gasteiger partial charge in [-0.3, -0.25) is 0 Å². The van der Waals surface area contributed by atoms with E-state index in [1.165, 1.54) is 23.3 Å². The van der Waals surface area contributed by atoms with Crippen LogP contribution < -0.4 is 4.90 Å². The number of aromatic nitrogens is 1.